The first-order valence-electron chi connectivity index (χ1n) is 6.08. The lowest BCUT2D eigenvalue weighted by molar-refractivity contribution is -0.274. The molecule has 0 aromatic heterocycles. The molecule has 21 heavy (non-hydrogen) atoms. The van der Waals surface area contributed by atoms with Crippen LogP contribution in [0.3, 0.4) is 0 Å². The number of ether oxygens (including phenoxy) is 1. The molecule has 1 nitrogen and oxygen atoms in total. The summed E-state index contributed by atoms with van der Waals surface area (Å²) in [6, 6.07) is 11.3. The molecular weight excluding hydrogens is 308 g/mol. The molecular formula is C15H11ClF4O. The van der Waals surface area contributed by atoms with Gasteiger partial charge in [-0.1, -0.05) is 24.3 Å². The fourth-order valence-corrected chi connectivity index (χ4v) is 2.19. The molecule has 0 amide bonds. The molecule has 0 aliphatic heterocycles. The van der Waals surface area contributed by atoms with E-state index >= 15 is 0 Å². The largest absolute Gasteiger partial charge is 0.573 e. The summed E-state index contributed by atoms with van der Waals surface area (Å²) in [6.45, 7) is 0. The molecule has 2 aromatic rings. The van der Waals surface area contributed by atoms with Gasteiger partial charge in [-0.05, 0) is 41.8 Å². The minimum absolute atomic E-state index is 0.305. The van der Waals surface area contributed by atoms with Crippen LogP contribution in [0.2, 0.25) is 0 Å². The summed E-state index contributed by atoms with van der Waals surface area (Å²) in [5.41, 5.74) is 1.35. The second-order valence-corrected chi connectivity index (χ2v) is 4.95. The molecule has 0 aliphatic carbocycles. The Morgan fingerprint density at radius 3 is 2.29 bits per heavy atom. The summed E-state index contributed by atoms with van der Waals surface area (Å²) < 4.78 is 53.0. The molecule has 0 aliphatic rings. The van der Waals surface area contributed by atoms with Gasteiger partial charge < -0.3 is 4.74 Å². The van der Waals surface area contributed by atoms with Gasteiger partial charge in [0.05, 0.1) is 5.38 Å². The molecule has 0 spiro atoms. The molecule has 0 N–H and O–H groups in total. The van der Waals surface area contributed by atoms with Gasteiger partial charge in [-0.2, -0.15) is 0 Å². The second-order valence-electron chi connectivity index (χ2n) is 4.42. The van der Waals surface area contributed by atoms with Crippen molar-refractivity contribution in [1.29, 1.82) is 0 Å². The summed E-state index contributed by atoms with van der Waals surface area (Å²) in [7, 11) is 0. The maximum atomic E-state index is 13.1. The summed E-state index contributed by atoms with van der Waals surface area (Å²) in [5.74, 6) is -0.661. The van der Waals surface area contributed by atoms with E-state index in [4.69, 9.17) is 11.6 Å². The van der Waals surface area contributed by atoms with E-state index in [0.29, 0.717) is 17.5 Å². The van der Waals surface area contributed by atoms with Gasteiger partial charge in [0.15, 0.2) is 0 Å². The number of hydrogen-bond donors (Lipinski definition) is 0. The summed E-state index contributed by atoms with van der Waals surface area (Å²) in [4.78, 5) is 0. The van der Waals surface area contributed by atoms with Crippen LogP contribution >= 0.6 is 11.6 Å². The molecule has 0 saturated heterocycles. The van der Waals surface area contributed by atoms with Crippen LogP contribution in [0.1, 0.15) is 16.5 Å². The van der Waals surface area contributed by atoms with Crippen molar-refractivity contribution in [2.45, 2.75) is 18.2 Å². The van der Waals surface area contributed by atoms with Gasteiger partial charge in [0.2, 0.25) is 0 Å². The molecule has 2 rings (SSSR count). The van der Waals surface area contributed by atoms with Gasteiger partial charge in [-0.3, -0.25) is 0 Å². The van der Waals surface area contributed by atoms with E-state index in [1.807, 2.05) is 0 Å². The molecule has 0 bridgehead atoms. The first-order valence-corrected chi connectivity index (χ1v) is 6.51. The van der Waals surface area contributed by atoms with Crippen molar-refractivity contribution in [3.63, 3.8) is 0 Å². The lowest BCUT2D eigenvalue weighted by Crippen LogP contribution is -2.17. The van der Waals surface area contributed by atoms with Crippen LogP contribution in [-0.4, -0.2) is 6.36 Å². The minimum Gasteiger partial charge on any atom is -0.406 e. The molecule has 0 fully saturated rings. The quantitative estimate of drug-likeness (QED) is 0.553. The van der Waals surface area contributed by atoms with Crippen molar-refractivity contribution in [3.05, 3.63) is 65.5 Å². The molecule has 112 valence electrons. The summed E-state index contributed by atoms with van der Waals surface area (Å²) in [6.07, 6.45) is -4.35. The van der Waals surface area contributed by atoms with Gasteiger partial charge in [-0.15, -0.1) is 24.8 Å². The van der Waals surface area contributed by atoms with Gasteiger partial charge in [0.1, 0.15) is 11.6 Å². The molecule has 2 aromatic carbocycles. The number of hydrogen-bond acceptors (Lipinski definition) is 1. The Labute approximate surface area is 124 Å². The standard InChI is InChI=1S/C15H11ClF4O/c16-14(9-10-2-1-3-12(17)8-10)11-4-6-13(7-5-11)21-15(18,19)20/h1-8,14H,9H2. The maximum absolute atomic E-state index is 13.1. The van der Waals surface area contributed by atoms with E-state index in [9.17, 15) is 17.6 Å². The average Bonchev–Trinajstić information content (AvgIpc) is 2.37. The normalized spacial score (nSPS) is 13.0. The Morgan fingerprint density at radius 1 is 1.05 bits per heavy atom. The highest BCUT2D eigenvalue weighted by atomic mass is 35.5. The highest BCUT2D eigenvalue weighted by Gasteiger charge is 2.31. The third-order valence-corrected chi connectivity index (χ3v) is 3.19. The van der Waals surface area contributed by atoms with E-state index in [-0.39, 0.29) is 11.6 Å². The molecule has 0 heterocycles. The van der Waals surface area contributed by atoms with E-state index in [1.165, 1.54) is 36.4 Å². The predicted octanol–water partition coefficient (Wildman–Crippen LogP) is 5.25. The number of alkyl halides is 4. The van der Waals surface area contributed by atoms with Gasteiger partial charge in [0.25, 0.3) is 0 Å². The van der Waals surface area contributed by atoms with Crippen LogP contribution in [0.15, 0.2) is 48.5 Å². The maximum Gasteiger partial charge on any atom is 0.573 e. The van der Waals surface area contributed by atoms with Crippen molar-refractivity contribution < 1.29 is 22.3 Å². The monoisotopic (exact) mass is 318 g/mol. The van der Waals surface area contributed by atoms with Crippen LogP contribution < -0.4 is 4.74 Å². The highest BCUT2D eigenvalue weighted by Crippen LogP contribution is 2.28. The SMILES string of the molecule is Fc1cccc(CC(Cl)c2ccc(OC(F)(F)F)cc2)c1. The zero-order valence-electron chi connectivity index (χ0n) is 10.7. The molecule has 1 atom stereocenters. The van der Waals surface area contributed by atoms with E-state index in [2.05, 4.69) is 4.74 Å². The van der Waals surface area contributed by atoms with Crippen LogP contribution in [0.4, 0.5) is 17.6 Å². The van der Waals surface area contributed by atoms with Crippen molar-refractivity contribution in [2.75, 3.05) is 0 Å². The third-order valence-electron chi connectivity index (χ3n) is 2.78. The molecule has 1 unspecified atom stereocenters. The Bertz CT molecular complexity index is 595. The van der Waals surface area contributed by atoms with Gasteiger partial charge in [-0.25, -0.2) is 4.39 Å². The van der Waals surface area contributed by atoms with Crippen molar-refractivity contribution >= 4 is 11.6 Å². The lowest BCUT2D eigenvalue weighted by atomic mass is 10.0. The first-order chi connectivity index (χ1) is 9.83. The Kier molecular flexibility index (Phi) is 4.73. The fourth-order valence-electron chi connectivity index (χ4n) is 1.87. The van der Waals surface area contributed by atoms with Gasteiger partial charge in [0, 0.05) is 0 Å². The summed E-state index contributed by atoms with van der Waals surface area (Å²) in [5, 5.41) is -0.466. The Morgan fingerprint density at radius 2 is 1.71 bits per heavy atom. The molecule has 0 saturated carbocycles. The number of halogens is 5. The molecule has 0 radical (unpaired) electrons. The predicted molar refractivity (Wildman–Crippen MR) is 71.8 cm³/mol. The topological polar surface area (TPSA) is 9.23 Å². The fraction of sp³-hybridized carbons (Fsp3) is 0.200. The minimum atomic E-state index is -4.72. The Balaban J connectivity index is 2.04. The van der Waals surface area contributed by atoms with E-state index < -0.39 is 11.7 Å². The zero-order chi connectivity index (χ0) is 15.5. The van der Waals surface area contributed by atoms with Crippen LogP contribution in [0.5, 0.6) is 5.75 Å². The lowest BCUT2D eigenvalue weighted by Gasteiger charge is -2.12. The van der Waals surface area contributed by atoms with Crippen molar-refractivity contribution in [1.82, 2.24) is 0 Å². The second kappa shape index (κ2) is 6.35. The summed E-state index contributed by atoms with van der Waals surface area (Å²) >= 11 is 6.19. The highest BCUT2D eigenvalue weighted by molar-refractivity contribution is 6.20. The van der Waals surface area contributed by atoms with Crippen molar-refractivity contribution in [2.24, 2.45) is 0 Å². The van der Waals surface area contributed by atoms with E-state index in [1.54, 1.807) is 12.1 Å². The number of rotatable bonds is 4. The smallest absolute Gasteiger partial charge is 0.406 e. The first kappa shape index (κ1) is 15.6. The van der Waals surface area contributed by atoms with Crippen LogP contribution in [-0.2, 0) is 6.42 Å². The van der Waals surface area contributed by atoms with Crippen LogP contribution in [0, 0.1) is 5.82 Å². The zero-order valence-corrected chi connectivity index (χ0v) is 11.5. The number of benzene rings is 2. The molecule has 6 heteroatoms. The van der Waals surface area contributed by atoms with Gasteiger partial charge >= 0.3 is 6.36 Å². The van der Waals surface area contributed by atoms with Crippen LogP contribution in [0.25, 0.3) is 0 Å². The Hall–Kier alpha value is -1.75. The third kappa shape index (κ3) is 4.93. The van der Waals surface area contributed by atoms with E-state index in [0.717, 1.165) is 0 Å². The van der Waals surface area contributed by atoms with Crippen molar-refractivity contribution in [3.8, 4) is 5.75 Å². The average molecular weight is 319 g/mol.